The van der Waals surface area contributed by atoms with Gasteiger partial charge in [0.25, 0.3) is 0 Å². The Morgan fingerprint density at radius 1 is 1.12 bits per heavy atom. The average Bonchev–Trinajstić information content (AvgIpc) is 2.78. The minimum atomic E-state index is -0.0445. The number of aromatic nitrogens is 1. The number of oxazole rings is 1. The molecule has 0 atom stereocenters. The summed E-state index contributed by atoms with van der Waals surface area (Å²) in [6.07, 6.45) is 4.24. The monoisotopic (exact) mass is 217 g/mol. The molecule has 84 valence electrons. The van der Waals surface area contributed by atoms with Crippen molar-refractivity contribution in [2.24, 2.45) is 0 Å². The lowest BCUT2D eigenvalue weighted by Gasteiger charge is -2.00. The van der Waals surface area contributed by atoms with Gasteiger partial charge in [-0.2, -0.15) is 0 Å². The molecular formula is C13H15NO2. The van der Waals surface area contributed by atoms with Crippen molar-refractivity contribution in [3.05, 3.63) is 53.7 Å². The van der Waals surface area contributed by atoms with Gasteiger partial charge >= 0.3 is 0 Å². The first-order valence-electron chi connectivity index (χ1n) is 5.46. The topological polar surface area (TPSA) is 46.3 Å². The molecule has 0 bridgehead atoms. The molecule has 0 saturated carbocycles. The van der Waals surface area contributed by atoms with E-state index in [-0.39, 0.29) is 6.61 Å². The molecule has 3 heteroatoms. The van der Waals surface area contributed by atoms with Crippen LogP contribution in [0.3, 0.4) is 0 Å². The largest absolute Gasteiger partial charge is 0.448 e. The van der Waals surface area contributed by atoms with Crippen molar-refractivity contribution in [3.8, 4) is 0 Å². The molecule has 0 radical (unpaired) electrons. The highest BCUT2D eigenvalue weighted by Crippen LogP contribution is 2.11. The molecule has 1 aromatic carbocycles. The summed E-state index contributed by atoms with van der Waals surface area (Å²) in [7, 11) is 0. The van der Waals surface area contributed by atoms with Crippen molar-refractivity contribution < 1.29 is 9.52 Å². The second-order valence-corrected chi connectivity index (χ2v) is 3.72. The first kappa shape index (κ1) is 10.9. The fraction of sp³-hybridized carbons (Fsp3) is 0.308. The smallest absolute Gasteiger partial charge is 0.181 e. The number of nitrogens with zero attached hydrogens (tertiary/aromatic N) is 1. The summed E-state index contributed by atoms with van der Waals surface area (Å²) < 4.78 is 5.22. The second kappa shape index (κ2) is 5.47. The summed E-state index contributed by atoms with van der Waals surface area (Å²) in [6, 6.07) is 10.3. The Morgan fingerprint density at radius 2 is 1.94 bits per heavy atom. The zero-order chi connectivity index (χ0) is 11.2. The van der Waals surface area contributed by atoms with Gasteiger partial charge in [-0.3, -0.25) is 0 Å². The minimum absolute atomic E-state index is 0.0445. The van der Waals surface area contributed by atoms with Gasteiger partial charge < -0.3 is 9.52 Å². The Kier molecular flexibility index (Phi) is 3.72. The molecular weight excluding hydrogens is 202 g/mol. The van der Waals surface area contributed by atoms with Crippen molar-refractivity contribution in [2.75, 3.05) is 0 Å². The zero-order valence-electron chi connectivity index (χ0n) is 9.10. The SMILES string of the molecule is OCc1ncoc1CCCc1ccccc1. The van der Waals surface area contributed by atoms with E-state index in [0.29, 0.717) is 5.69 Å². The molecule has 2 aromatic rings. The molecule has 1 N–H and O–H groups in total. The third-order valence-electron chi connectivity index (χ3n) is 2.59. The molecule has 0 aliphatic carbocycles. The van der Waals surface area contributed by atoms with Crippen LogP contribution >= 0.6 is 0 Å². The summed E-state index contributed by atoms with van der Waals surface area (Å²) in [5.41, 5.74) is 1.99. The Hall–Kier alpha value is -1.61. The summed E-state index contributed by atoms with van der Waals surface area (Å²) in [4.78, 5) is 3.94. The van der Waals surface area contributed by atoms with Crippen LogP contribution in [0.1, 0.15) is 23.4 Å². The predicted molar refractivity (Wildman–Crippen MR) is 60.9 cm³/mol. The Labute approximate surface area is 94.8 Å². The summed E-state index contributed by atoms with van der Waals surface area (Å²) in [5, 5.41) is 9.00. The average molecular weight is 217 g/mol. The molecule has 1 heterocycles. The molecule has 3 nitrogen and oxygen atoms in total. The first-order valence-corrected chi connectivity index (χ1v) is 5.46. The number of aliphatic hydroxyl groups excluding tert-OH is 1. The number of hydrogen-bond acceptors (Lipinski definition) is 3. The van der Waals surface area contributed by atoms with Crippen LogP contribution in [0, 0.1) is 0 Å². The summed E-state index contributed by atoms with van der Waals surface area (Å²) >= 11 is 0. The van der Waals surface area contributed by atoms with E-state index in [4.69, 9.17) is 9.52 Å². The fourth-order valence-corrected chi connectivity index (χ4v) is 1.72. The van der Waals surface area contributed by atoms with Crippen LogP contribution in [0.15, 0.2) is 41.1 Å². The summed E-state index contributed by atoms with van der Waals surface area (Å²) in [5.74, 6) is 0.804. The first-order chi connectivity index (χ1) is 7.90. The Morgan fingerprint density at radius 3 is 2.69 bits per heavy atom. The standard InChI is InChI=1S/C13H15NO2/c15-9-12-13(16-10-14-12)8-4-7-11-5-2-1-3-6-11/h1-3,5-6,10,15H,4,7-9H2. The second-order valence-electron chi connectivity index (χ2n) is 3.72. The van der Waals surface area contributed by atoms with Crippen LogP contribution in [-0.2, 0) is 19.4 Å². The maximum Gasteiger partial charge on any atom is 0.181 e. The number of benzene rings is 1. The molecule has 16 heavy (non-hydrogen) atoms. The maximum absolute atomic E-state index is 9.00. The van der Waals surface area contributed by atoms with Crippen molar-refractivity contribution in [1.29, 1.82) is 0 Å². The van der Waals surface area contributed by atoms with E-state index in [0.717, 1.165) is 25.0 Å². The van der Waals surface area contributed by atoms with Crippen LogP contribution < -0.4 is 0 Å². The van der Waals surface area contributed by atoms with Gasteiger partial charge in [-0.05, 0) is 18.4 Å². The lowest BCUT2D eigenvalue weighted by atomic mass is 10.1. The molecule has 0 saturated heterocycles. The van der Waals surface area contributed by atoms with E-state index in [1.54, 1.807) is 0 Å². The van der Waals surface area contributed by atoms with Crippen LogP contribution in [-0.4, -0.2) is 10.1 Å². The van der Waals surface area contributed by atoms with E-state index >= 15 is 0 Å². The van der Waals surface area contributed by atoms with E-state index in [1.165, 1.54) is 12.0 Å². The number of aryl methyl sites for hydroxylation is 2. The third-order valence-corrected chi connectivity index (χ3v) is 2.59. The van der Waals surface area contributed by atoms with Gasteiger partial charge in [-0.1, -0.05) is 30.3 Å². The van der Waals surface area contributed by atoms with Crippen LogP contribution in [0.25, 0.3) is 0 Å². The van der Waals surface area contributed by atoms with E-state index in [1.807, 2.05) is 18.2 Å². The van der Waals surface area contributed by atoms with Gasteiger partial charge in [0.1, 0.15) is 11.5 Å². The van der Waals surface area contributed by atoms with Crippen molar-refractivity contribution >= 4 is 0 Å². The van der Waals surface area contributed by atoms with Crippen molar-refractivity contribution in [3.63, 3.8) is 0 Å². The number of aliphatic hydroxyl groups is 1. The van der Waals surface area contributed by atoms with Gasteiger partial charge in [-0.15, -0.1) is 0 Å². The zero-order valence-corrected chi connectivity index (χ0v) is 9.10. The maximum atomic E-state index is 9.00. The van der Waals surface area contributed by atoms with Crippen LogP contribution in [0.2, 0.25) is 0 Å². The lowest BCUT2D eigenvalue weighted by molar-refractivity contribution is 0.274. The van der Waals surface area contributed by atoms with Crippen molar-refractivity contribution in [2.45, 2.75) is 25.9 Å². The fourth-order valence-electron chi connectivity index (χ4n) is 1.72. The third kappa shape index (κ3) is 2.70. The molecule has 1 aromatic heterocycles. The molecule has 0 aliphatic heterocycles. The van der Waals surface area contributed by atoms with E-state index in [9.17, 15) is 0 Å². The van der Waals surface area contributed by atoms with Crippen LogP contribution in [0.4, 0.5) is 0 Å². The molecule has 0 fully saturated rings. The van der Waals surface area contributed by atoms with Gasteiger partial charge in [0.2, 0.25) is 0 Å². The normalized spacial score (nSPS) is 10.6. The highest BCUT2D eigenvalue weighted by molar-refractivity contribution is 5.15. The van der Waals surface area contributed by atoms with Gasteiger partial charge in [0.05, 0.1) is 6.61 Å². The highest BCUT2D eigenvalue weighted by atomic mass is 16.3. The summed E-state index contributed by atoms with van der Waals surface area (Å²) in [6.45, 7) is -0.0445. The van der Waals surface area contributed by atoms with E-state index in [2.05, 4.69) is 17.1 Å². The molecule has 2 rings (SSSR count). The minimum Gasteiger partial charge on any atom is -0.448 e. The molecule has 0 amide bonds. The molecule has 0 unspecified atom stereocenters. The Balaban J connectivity index is 1.85. The van der Waals surface area contributed by atoms with Gasteiger partial charge in [0, 0.05) is 6.42 Å². The quantitative estimate of drug-likeness (QED) is 0.836. The lowest BCUT2D eigenvalue weighted by Crippen LogP contribution is -1.93. The van der Waals surface area contributed by atoms with Gasteiger partial charge in [-0.25, -0.2) is 4.98 Å². The van der Waals surface area contributed by atoms with E-state index < -0.39 is 0 Å². The Bertz CT molecular complexity index is 423. The number of hydrogen-bond donors (Lipinski definition) is 1. The van der Waals surface area contributed by atoms with Gasteiger partial charge in [0.15, 0.2) is 6.39 Å². The van der Waals surface area contributed by atoms with Crippen LogP contribution in [0.5, 0.6) is 0 Å². The predicted octanol–water partition coefficient (Wildman–Crippen LogP) is 2.34. The molecule has 0 spiro atoms. The van der Waals surface area contributed by atoms with Crippen molar-refractivity contribution in [1.82, 2.24) is 4.98 Å². The number of rotatable bonds is 5. The highest BCUT2D eigenvalue weighted by Gasteiger charge is 2.06. The molecule has 0 aliphatic rings.